The van der Waals surface area contributed by atoms with Crippen molar-refractivity contribution in [1.82, 2.24) is 4.90 Å². The van der Waals surface area contributed by atoms with Gasteiger partial charge in [-0.2, -0.15) is 0 Å². The van der Waals surface area contributed by atoms with Gasteiger partial charge >= 0.3 is 0 Å². The van der Waals surface area contributed by atoms with Gasteiger partial charge in [-0.05, 0) is 29.2 Å². The van der Waals surface area contributed by atoms with Gasteiger partial charge in [0.1, 0.15) is 0 Å². The molecule has 1 atom stereocenters. The zero-order valence-corrected chi connectivity index (χ0v) is 14.7. The van der Waals surface area contributed by atoms with Crippen LogP contribution in [-0.2, 0) is 0 Å². The van der Waals surface area contributed by atoms with Crippen LogP contribution in [0, 0.1) is 5.41 Å². The first-order valence-electron chi connectivity index (χ1n) is 8.48. The van der Waals surface area contributed by atoms with Gasteiger partial charge in [0.25, 0.3) is 0 Å². The van der Waals surface area contributed by atoms with Crippen molar-refractivity contribution >= 4 is 5.57 Å². The van der Waals surface area contributed by atoms with E-state index in [9.17, 15) is 0 Å². The Morgan fingerprint density at radius 2 is 1.46 bits per heavy atom. The maximum absolute atomic E-state index is 2.41. The summed E-state index contributed by atoms with van der Waals surface area (Å²) in [6.45, 7) is 2.30. The van der Waals surface area contributed by atoms with Crippen LogP contribution in [0.25, 0.3) is 5.57 Å². The van der Waals surface area contributed by atoms with Gasteiger partial charge in [-0.3, -0.25) is 0 Å². The molecule has 0 spiro atoms. The number of nitrogens with zero attached hydrogens (tertiary/aromatic N) is 1. The Hall–Kier alpha value is -2.54. The average molecular weight is 315 g/mol. The van der Waals surface area contributed by atoms with Gasteiger partial charge in [0.2, 0.25) is 0 Å². The van der Waals surface area contributed by atoms with Crippen LogP contribution in [0.5, 0.6) is 0 Å². The third-order valence-electron chi connectivity index (χ3n) is 4.55. The van der Waals surface area contributed by atoms with Crippen LogP contribution >= 0.6 is 0 Å². The smallest absolute Gasteiger partial charge is 0.0318 e. The normalized spacial score (nSPS) is 19.5. The summed E-state index contributed by atoms with van der Waals surface area (Å²) >= 11 is 0. The Labute approximate surface area is 145 Å². The number of likely N-dealkylation sites (N-methyl/N-ethyl adjacent to an activating group) is 1. The molecular weight excluding hydrogens is 290 g/mol. The second-order valence-corrected chi connectivity index (χ2v) is 6.86. The van der Waals surface area contributed by atoms with Gasteiger partial charge in [0, 0.05) is 25.2 Å². The Balaban J connectivity index is 2.01. The molecule has 0 heterocycles. The van der Waals surface area contributed by atoms with Gasteiger partial charge in [-0.25, -0.2) is 0 Å². The van der Waals surface area contributed by atoms with E-state index in [0.29, 0.717) is 0 Å². The van der Waals surface area contributed by atoms with Crippen molar-refractivity contribution in [2.75, 3.05) is 14.1 Å². The molecule has 0 radical (unpaired) electrons. The van der Waals surface area contributed by atoms with E-state index >= 15 is 0 Å². The van der Waals surface area contributed by atoms with Gasteiger partial charge < -0.3 is 4.90 Å². The minimum atomic E-state index is 0.0283. The molecule has 0 aliphatic heterocycles. The third kappa shape index (κ3) is 3.68. The SMILES string of the molecule is CN(C)C1=CCC(C)(C=C(c2ccccc2)c2ccccc2)C=C1. The van der Waals surface area contributed by atoms with Crippen molar-refractivity contribution in [3.63, 3.8) is 0 Å². The molecule has 0 bridgehead atoms. The number of rotatable bonds is 4. The lowest BCUT2D eigenvalue weighted by atomic mass is 9.79. The van der Waals surface area contributed by atoms with Crippen molar-refractivity contribution < 1.29 is 0 Å². The highest BCUT2D eigenvalue weighted by atomic mass is 15.1. The zero-order chi connectivity index (χ0) is 17.0. The highest BCUT2D eigenvalue weighted by Crippen LogP contribution is 2.36. The number of benzene rings is 2. The fraction of sp³-hybridized carbons (Fsp3) is 0.217. The van der Waals surface area contributed by atoms with Crippen LogP contribution in [0.1, 0.15) is 24.5 Å². The van der Waals surface area contributed by atoms with Crippen molar-refractivity contribution in [3.05, 3.63) is 102 Å². The number of allylic oxidation sites excluding steroid dienone is 4. The van der Waals surface area contributed by atoms with Crippen molar-refractivity contribution in [1.29, 1.82) is 0 Å². The van der Waals surface area contributed by atoms with Gasteiger partial charge in [0.05, 0.1) is 0 Å². The number of hydrogen-bond donors (Lipinski definition) is 0. The molecule has 1 aliphatic rings. The Kier molecular flexibility index (Phi) is 4.71. The van der Waals surface area contributed by atoms with E-state index in [2.05, 4.69) is 111 Å². The molecule has 2 aromatic rings. The lowest BCUT2D eigenvalue weighted by molar-refractivity contribution is 0.491. The maximum atomic E-state index is 2.41. The molecule has 1 unspecified atom stereocenters. The van der Waals surface area contributed by atoms with E-state index in [1.165, 1.54) is 22.4 Å². The summed E-state index contributed by atoms with van der Waals surface area (Å²) in [4.78, 5) is 2.16. The van der Waals surface area contributed by atoms with E-state index in [1.807, 2.05) is 0 Å². The van der Waals surface area contributed by atoms with Crippen molar-refractivity contribution in [3.8, 4) is 0 Å². The molecular formula is C23H25N. The zero-order valence-electron chi connectivity index (χ0n) is 14.7. The van der Waals surface area contributed by atoms with Crippen molar-refractivity contribution in [2.24, 2.45) is 5.41 Å². The van der Waals surface area contributed by atoms with Crippen LogP contribution in [-0.4, -0.2) is 19.0 Å². The molecule has 0 saturated carbocycles. The first-order valence-corrected chi connectivity index (χ1v) is 8.48. The standard InChI is InChI=1S/C23H25N/c1-23(16-14-21(15-17-23)24(2)3)18-22(19-10-6-4-7-11-19)20-12-8-5-9-13-20/h4-16,18H,17H2,1-3H3. The van der Waals surface area contributed by atoms with E-state index in [1.54, 1.807) is 0 Å². The third-order valence-corrected chi connectivity index (χ3v) is 4.55. The van der Waals surface area contributed by atoms with Crippen LogP contribution in [0.2, 0.25) is 0 Å². The minimum Gasteiger partial charge on any atom is -0.378 e. The van der Waals surface area contributed by atoms with E-state index in [0.717, 1.165) is 6.42 Å². The molecule has 0 fully saturated rings. The summed E-state index contributed by atoms with van der Waals surface area (Å²) in [5.41, 5.74) is 5.13. The lowest BCUT2D eigenvalue weighted by Crippen LogP contribution is -2.18. The Morgan fingerprint density at radius 1 is 0.917 bits per heavy atom. The molecule has 2 aromatic carbocycles. The molecule has 0 saturated heterocycles. The molecule has 24 heavy (non-hydrogen) atoms. The summed E-state index contributed by atoms with van der Waals surface area (Å²) in [7, 11) is 4.18. The first kappa shape index (κ1) is 16.3. The topological polar surface area (TPSA) is 3.24 Å². The predicted molar refractivity (Wildman–Crippen MR) is 104 cm³/mol. The largest absolute Gasteiger partial charge is 0.378 e. The second kappa shape index (κ2) is 6.92. The summed E-state index contributed by atoms with van der Waals surface area (Å²) in [6.07, 6.45) is 10.3. The van der Waals surface area contributed by atoms with E-state index in [4.69, 9.17) is 0 Å². The molecule has 0 N–H and O–H groups in total. The number of hydrogen-bond acceptors (Lipinski definition) is 1. The van der Waals surface area contributed by atoms with E-state index < -0.39 is 0 Å². The predicted octanol–water partition coefficient (Wildman–Crippen LogP) is 5.53. The molecule has 3 rings (SSSR count). The fourth-order valence-electron chi connectivity index (χ4n) is 3.07. The minimum absolute atomic E-state index is 0.0283. The highest BCUT2D eigenvalue weighted by molar-refractivity contribution is 5.80. The monoisotopic (exact) mass is 315 g/mol. The highest BCUT2D eigenvalue weighted by Gasteiger charge is 2.22. The van der Waals surface area contributed by atoms with Crippen LogP contribution in [0.15, 0.2) is 90.7 Å². The molecule has 1 heteroatoms. The van der Waals surface area contributed by atoms with E-state index in [-0.39, 0.29) is 5.41 Å². The fourth-order valence-corrected chi connectivity index (χ4v) is 3.07. The summed E-state index contributed by atoms with van der Waals surface area (Å²) in [5, 5.41) is 0. The quantitative estimate of drug-likeness (QED) is 0.717. The Bertz CT molecular complexity index is 725. The van der Waals surface area contributed by atoms with Crippen LogP contribution in [0.3, 0.4) is 0 Å². The van der Waals surface area contributed by atoms with Gasteiger partial charge in [0.15, 0.2) is 0 Å². The summed E-state index contributed by atoms with van der Waals surface area (Å²) in [6, 6.07) is 21.3. The van der Waals surface area contributed by atoms with Crippen LogP contribution < -0.4 is 0 Å². The Morgan fingerprint density at radius 3 is 1.88 bits per heavy atom. The average Bonchev–Trinajstić information content (AvgIpc) is 2.62. The summed E-state index contributed by atoms with van der Waals surface area (Å²) < 4.78 is 0. The molecule has 0 amide bonds. The van der Waals surface area contributed by atoms with Gasteiger partial charge in [-0.1, -0.05) is 85.8 Å². The maximum Gasteiger partial charge on any atom is 0.0318 e. The molecule has 1 nitrogen and oxygen atoms in total. The van der Waals surface area contributed by atoms with Gasteiger partial charge in [-0.15, -0.1) is 0 Å². The molecule has 0 aromatic heterocycles. The molecule has 1 aliphatic carbocycles. The molecule has 122 valence electrons. The second-order valence-electron chi connectivity index (χ2n) is 6.86. The van der Waals surface area contributed by atoms with Crippen molar-refractivity contribution in [2.45, 2.75) is 13.3 Å². The first-order chi connectivity index (χ1) is 11.6. The van der Waals surface area contributed by atoms with Crippen LogP contribution in [0.4, 0.5) is 0 Å². The lowest BCUT2D eigenvalue weighted by Gasteiger charge is -2.28. The summed E-state index contributed by atoms with van der Waals surface area (Å²) in [5.74, 6) is 0.